The molecule has 0 spiro atoms. The third kappa shape index (κ3) is 4.70. The maximum Gasteiger partial charge on any atom is 0.261 e. The molecule has 4 rings (SSSR count). The van der Waals surface area contributed by atoms with Crippen molar-refractivity contribution in [1.29, 1.82) is 0 Å². The fourth-order valence-corrected chi connectivity index (χ4v) is 3.35. The molecule has 0 atom stereocenters. The Hall–Kier alpha value is -4.32. The van der Waals surface area contributed by atoms with Crippen LogP contribution in [0.2, 0.25) is 0 Å². The predicted octanol–water partition coefficient (Wildman–Crippen LogP) is 4.95. The molecule has 160 valence electrons. The molecule has 3 aromatic carbocycles. The Bertz CT molecular complexity index is 1120. The van der Waals surface area contributed by atoms with Crippen molar-refractivity contribution in [2.45, 2.75) is 6.92 Å². The summed E-state index contributed by atoms with van der Waals surface area (Å²) in [6, 6.07) is 25.7. The van der Waals surface area contributed by atoms with Gasteiger partial charge < -0.3 is 20.3 Å². The molecule has 3 aromatic rings. The fourth-order valence-electron chi connectivity index (χ4n) is 3.35. The summed E-state index contributed by atoms with van der Waals surface area (Å²) in [6.45, 7) is 2.69. The van der Waals surface area contributed by atoms with E-state index in [1.807, 2.05) is 72.5 Å². The van der Waals surface area contributed by atoms with Crippen LogP contribution in [0.3, 0.4) is 0 Å². The minimum Gasteiger partial charge on any atom is -0.439 e. The Kier molecular flexibility index (Phi) is 6.32. The zero-order chi connectivity index (χ0) is 22.3. The van der Waals surface area contributed by atoms with Crippen LogP contribution in [0.4, 0.5) is 17.1 Å². The molecule has 0 saturated heterocycles. The fraction of sp³-hybridized carbons (Fsp3) is 0.0769. The molecular weight excluding hydrogens is 402 g/mol. The van der Waals surface area contributed by atoms with Crippen LogP contribution in [0.5, 0.6) is 5.75 Å². The normalized spacial score (nSPS) is 13.2. The first-order valence-electron chi connectivity index (χ1n) is 10.3. The van der Waals surface area contributed by atoms with Crippen LogP contribution < -0.4 is 20.3 Å². The van der Waals surface area contributed by atoms with Gasteiger partial charge in [-0.05, 0) is 55.5 Å². The summed E-state index contributed by atoms with van der Waals surface area (Å²) >= 11 is 0. The molecule has 2 N–H and O–H groups in total. The van der Waals surface area contributed by atoms with Gasteiger partial charge in [0.2, 0.25) is 5.88 Å². The Morgan fingerprint density at radius 2 is 1.34 bits per heavy atom. The average Bonchev–Trinajstić information content (AvgIpc) is 3.18. The van der Waals surface area contributed by atoms with Gasteiger partial charge >= 0.3 is 0 Å². The topological polar surface area (TPSA) is 70.7 Å². The number of carbonyl (C=O) groups excluding carboxylic acids is 2. The van der Waals surface area contributed by atoms with E-state index in [-0.39, 0.29) is 5.57 Å². The number of benzene rings is 3. The molecule has 6 heteroatoms. The molecule has 32 heavy (non-hydrogen) atoms. The van der Waals surface area contributed by atoms with Crippen molar-refractivity contribution in [2.24, 2.45) is 0 Å². The van der Waals surface area contributed by atoms with Crippen molar-refractivity contribution in [3.8, 4) is 5.75 Å². The highest BCUT2D eigenvalue weighted by Crippen LogP contribution is 2.38. The number of fused-ring (bicyclic) bond motifs is 1. The van der Waals surface area contributed by atoms with Gasteiger partial charge in [0.25, 0.3) is 11.8 Å². The number of carbonyl (C=O) groups is 2. The van der Waals surface area contributed by atoms with E-state index in [0.717, 1.165) is 11.4 Å². The Labute approximate surface area is 186 Å². The van der Waals surface area contributed by atoms with Crippen molar-refractivity contribution >= 4 is 28.9 Å². The van der Waals surface area contributed by atoms with E-state index in [2.05, 4.69) is 10.6 Å². The molecule has 2 amide bonds. The molecule has 0 bridgehead atoms. The summed E-state index contributed by atoms with van der Waals surface area (Å²) in [5.41, 5.74) is 2.10. The zero-order valence-electron chi connectivity index (χ0n) is 17.6. The molecule has 1 aliphatic heterocycles. The molecular formula is C26H23N3O3. The molecule has 0 aromatic heterocycles. The lowest BCUT2D eigenvalue weighted by molar-refractivity contribution is -0.118. The van der Waals surface area contributed by atoms with Gasteiger partial charge in [-0.3, -0.25) is 9.59 Å². The lowest BCUT2D eigenvalue weighted by Gasteiger charge is -2.15. The van der Waals surface area contributed by atoms with Crippen molar-refractivity contribution in [1.82, 2.24) is 0 Å². The maximum atomic E-state index is 13.0. The molecule has 0 aliphatic carbocycles. The minimum absolute atomic E-state index is 0.0409. The van der Waals surface area contributed by atoms with Crippen molar-refractivity contribution < 1.29 is 14.3 Å². The van der Waals surface area contributed by atoms with Gasteiger partial charge in [0.15, 0.2) is 5.75 Å². The van der Waals surface area contributed by atoms with E-state index in [4.69, 9.17) is 4.74 Å². The van der Waals surface area contributed by atoms with Crippen molar-refractivity contribution in [3.05, 3.63) is 109 Å². The van der Waals surface area contributed by atoms with Crippen LogP contribution in [-0.2, 0) is 9.59 Å². The second-order valence-corrected chi connectivity index (χ2v) is 7.04. The third-order valence-electron chi connectivity index (χ3n) is 4.90. The summed E-state index contributed by atoms with van der Waals surface area (Å²) in [6.07, 6.45) is 3.13. The second kappa shape index (κ2) is 9.66. The number of hydrogen-bond donors (Lipinski definition) is 2. The quantitative estimate of drug-likeness (QED) is 0.333. The van der Waals surface area contributed by atoms with Crippen molar-refractivity contribution in [3.63, 3.8) is 0 Å². The molecule has 1 heterocycles. The molecule has 1 aliphatic rings. The lowest BCUT2D eigenvalue weighted by atomic mass is 10.2. The number of nitrogens with zero attached hydrogens (tertiary/aromatic N) is 1. The van der Waals surface area contributed by atoms with Crippen molar-refractivity contribution in [2.75, 3.05) is 22.1 Å². The number of hydrogen-bond acceptors (Lipinski definition) is 4. The number of amides is 2. The summed E-state index contributed by atoms with van der Waals surface area (Å²) in [5, 5.41) is 5.55. The number of nitrogens with one attached hydrogen (secondary N) is 2. The number of ether oxygens (including phenoxy) is 1. The highest BCUT2D eigenvalue weighted by Gasteiger charge is 2.25. The zero-order valence-corrected chi connectivity index (χ0v) is 17.6. The van der Waals surface area contributed by atoms with Crippen LogP contribution in [0.1, 0.15) is 6.92 Å². The van der Waals surface area contributed by atoms with E-state index in [0.29, 0.717) is 23.8 Å². The molecule has 6 nitrogen and oxygen atoms in total. The van der Waals surface area contributed by atoms with E-state index in [9.17, 15) is 9.59 Å². The Morgan fingerprint density at radius 1 is 0.812 bits per heavy atom. The van der Waals surface area contributed by atoms with E-state index >= 15 is 0 Å². The summed E-state index contributed by atoms with van der Waals surface area (Å²) in [5.74, 6) is 0.254. The molecule has 0 unspecified atom stereocenters. The molecule has 0 fully saturated rings. The first kappa shape index (κ1) is 20.9. The first-order chi connectivity index (χ1) is 15.7. The minimum atomic E-state index is -0.514. The number of anilines is 3. The van der Waals surface area contributed by atoms with Gasteiger partial charge in [-0.15, -0.1) is 0 Å². The van der Waals surface area contributed by atoms with Crippen LogP contribution in [0.15, 0.2) is 109 Å². The summed E-state index contributed by atoms with van der Waals surface area (Å²) in [7, 11) is 0. The van der Waals surface area contributed by atoms with Gasteiger partial charge in [0, 0.05) is 17.9 Å². The number of para-hydroxylation sites is 4. The average molecular weight is 425 g/mol. The first-order valence-corrected chi connectivity index (χ1v) is 10.3. The standard InChI is InChI=1S/C26H23N3O3/c1-2-29-22-15-9-10-16-23(22)32-24(29)18-17-21(25(30)27-19-11-5-3-6-12-19)26(31)28-20-13-7-4-8-14-20/h3-18H,2H2,1H3,(H,27,30)(H,28,31)/b24-18-. The lowest BCUT2D eigenvalue weighted by Crippen LogP contribution is -2.25. The molecule has 0 radical (unpaired) electrons. The summed E-state index contributed by atoms with van der Waals surface area (Å²) < 4.78 is 5.94. The van der Waals surface area contributed by atoms with E-state index in [1.165, 1.54) is 6.08 Å². The highest BCUT2D eigenvalue weighted by molar-refractivity contribution is 6.26. The third-order valence-corrected chi connectivity index (χ3v) is 4.90. The smallest absolute Gasteiger partial charge is 0.261 e. The number of allylic oxidation sites excluding steroid dienone is 2. The van der Waals surface area contributed by atoms with E-state index < -0.39 is 11.8 Å². The summed E-state index contributed by atoms with van der Waals surface area (Å²) in [4.78, 5) is 28.0. The second-order valence-electron chi connectivity index (χ2n) is 7.04. The largest absolute Gasteiger partial charge is 0.439 e. The van der Waals surface area contributed by atoms with Crippen LogP contribution in [0.25, 0.3) is 0 Å². The monoisotopic (exact) mass is 425 g/mol. The van der Waals surface area contributed by atoms with Gasteiger partial charge in [0.05, 0.1) is 5.69 Å². The van der Waals surface area contributed by atoms with Crippen LogP contribution >= 0.6 is 0 Å². The van der Waals surface area contributed by atoms with Crippen LogP contribution in [-0.4, -0.2) is 18.4 Å². The molecule has 0 saturated carbocycles. The van der Waals surface area contributed by atoms with Crippen LogP contribution in [0, 0.1) is 0 Å². The SMILES string of the molecule is CCN1/C(=C/C=C(C(=O)Nc2ccccc2)C(=O)Nc2ccccc2)Oc2ccccc21. The van der Waals surface area contributed by atoms with E-state index in [1.54, 1.807) is 30.3 Å². The van der Waals surface area contributed by atoms with Gasteiger partial charge in [-0.25, -0.2) is 0 Å². The maximum absolute atomic E-state index is 13.0. The number of rotatable bonds is 6. The van der Waals surface area contributed by atoms with Gasteiger partial charge in [-0.1, -0.05) is 48.5 Å². The predicted molar refractivity (Wildman–Crippen MR) is 126 cm³/mol. The Balaban J connectivity index is 1.63. The Morgan fingerprint density at radius 3 is 1.91 bits per heavy atom. The highest BCUT2D eigenvalue weighted by atomic mass is 16.5. The van der Waals surface area contributed by atoms with Gasteiger partial charge in [0.1, 0.15) is 5.57 Å². The van der Waals surface area contributed by atoms with Gasteiger partial charge in [-0.2, -0.15) is 0 Å².